The van der Waals surface area contributed by atoms with Crippen LogP contribution in [0.1, 0.15) is 38.1 Å². The lowest BCUT2D eigenvalue weighted by atomic mass is 9.95. The Morgan fingerprint density at radius 2 is 1.72 bits per heavy atom. The van der Waals surface area contributed by atoms with Crippen LogP contribution in [-0.2, 0) is 0 Å². The summed E-state index contributed by atoms with van der Waals surface area (Å²) in [5.41, 5.74) is 2.37. The monoisotopic (exact) mass is 435 g/mol. The topological polar surface area (TPSA) is 53.4 Å². The number of fused-ring (bicyclic) bond motifs is 1. The van der Waals surface area contributed by atoms with Crippen LogP contribution in [0.3, 0.4) is 0 Å². The molecule has 1 aliphatic heterocycles. The summed E-state index contributed by atoms with van der Waals surface area (Å²) in [6.07, 6.45) is 6.81. The van der Waals surface area contributed by atoms with E-state index in [1.807, 2.05) is 6.07 Å². The summed E-state index contributed by atoms with van der Waals surface area (Å²) in [5.74, 6) is -0.0505. The van der Waals surface area contributed by atoms with Crippen LogP contribution in [0.4, 0.5) is 21.6 Å². The lowest BCUT2D eigenvalue weighted by molar-refractivity contribution is 0.313. The summed E-state index contributed by atoms with van der Waals surface area (Å²) in [6, 6.07) is 11.6. The van der Waals surface area contributed by atoms with E-state index in [0.717, 1.165) is 63.1 Å². The van der Waals surface area contributed by atoms with Gasteiger partial charge in [0.25, 0.3) is 5.56 Å². The predicted molar refractivity (Wildman–Crippen MR) is 128 cm³/mol. The fourth-order valence-electron chi connectivity index (χ4n) is 4.94. The number of halogens is 1. The fourth-order valence-corrected chi connectivity index (χ4v) is 4.94. The molecular weight excluding hydrogens is 405 g/mol. The molecule has 2 fully saturated rings. The highest BCUT2D eigenvalue weighted by Gasteiger charge is 2.21. The molecule has 3 aromatic rings. The van der Waals surface area contributed by atoms with Crippen LogP contribution < -0.4 is 15.8 Å². The predicted octanol–water partition coefficient (Wildman–Crippen LogP) is 4.54. The first kappa shape index (κ1) is 20.9. The molecule has 0 unspecified atom stereocenters. The SMILES string of the molecule is CN1CCN(c2ccc(Nc3cc4c(cn3)cc(F)c(=O)n4C3CCCCC3)cc2)CC1. The van der Waals surface area contributed by atoms with Crippen molar-refractivity contribution in [2.45, 2.75) is 38.1 Å². The summed E-state index contributed by atoms with van der Waals surface area (Å²) in [6.45, 7) is 4.21. The van der Waals surface area contributed by atoms with E-state index in [1.54, 1.807) is 10.8 Å². The second-order valence-electron chi connectivity index (χ2n) is 9.05. The lowest BCUT2D eigenvalue weighted by Gasteiger charge is -2.34. The van der Waals surface area contributed by atoms with Crippen molar-refractivity contribution < 1.29 is 4.39 Å². The van der Waals surface area contributed by atoms with Gasteiger partial charge in [-0.15, -0.1) is 0 Å². The molecule has 0 atom stereocenters. The molecule has 0 spiro atoms. The minimum absolute atomic E-state index is 0.0487. The van der Waals surface area contributed by atoms with Crippen molar-refractivity contribution in [3.05, 3.63) is 58.8 Å². The van der Waals surface area contributed by atoms with Gasteiger partial charge in [0.2, 0.25) is 0 Å². The van der Waals surface area contributed by atoms with Crippen molar-refractivity contribution >= 4 is 28.1 Å². The number of nitrogens with zero attached hydrogens (tertiary/aromatic N) is 4. The Hall–Kier alpha value is -2.93. The molecule has 1 saturated carbocycles. The van der Waals surface area contributed by atoms with Gasteiger partial charge in [0, 0.05) is 61.2 Å². The molecule has 32 heavy (non-hydrogen) atoms. The molecule has 168 valence electrons. The molecule has 2 aliphatic rings. The Morgan fingerprint density at radius 3 is 2.44 bits per heavy atom. The Balaban J connectivity index is 1.41. The highest BCUT2D eigenvalue weighted by atomic mass is 19.1. The highest BCUT2D eigenvalue weighted by molar-refractivity contribution is 5.81. The van der Waals surface area contributed by atoms with Crippen molar-refractivity contribution in [1.82, 2.24) is 14.5 Å². The largest absolute Gasteiger partial charge is 0.369 e. The fraction of sp³-hybridized carbons (Fsp3) is 0.440. The highest BCUT2D eigenvalue weighted by Crippen LogP contribution is 2.31. The summed E-state index contributed by atoms with van der Waals surface area (Å²) in [4.78, 5) is 21.9. The minimum atomic E-state index is -0.704. The van der Waals surface area contributed by atoms with Crippen LogP contribution in [0.25, 0.3) is 10.9 Å². The molecule has 3 heterocycles. The molecule has 5 rings (SSSR count). The average molecular weight is 436 g/mol. The van der Waals surface area contributed by atoms with Crippen LogP contribution in [-0.4, -0.2) is 47.7 Å². The Kier molecular flexibility index (Phi) is 5.83. The van der Waals surface area contributed by atoms with Crippen LogP contribution in [0, 0.1) is 5.82 Å². The van der Waals surface area contributed by atoms with Crippen LogP contribution in [0.15, 0.2) is 47.4 Å². The quantitative estimate of drug-likeness (QED) is 0.652. The maximum absolute atomic E-state index is 14.3. The van der Waals surface area contributed by atoms with E-state index >= 15 is 0 Å². The van der Waals surface area contributed by atoms with Crippen LogP contribution in [0.2, 0.25) is 0 Å². The van der Waals surface area contributed by atoms with Gasteiger partial charge in [-0.2, -0.15) is 0 Å². The van der Waals surface area contributed by atoms with Crippen molar-refractivity contribution in [2.24, 2.45) is 0 Å². The third-order valence-electron chi connectivity index (χ3n) is 6.82. The molecule has 0 bridgehead atoms. The average Bonchev–Trinajstić information content (AvgIpc) is 2.82. The summed E-state index contributed by atoms with van der Waals surface area (Å²) in [5, 5.41) is 4.01. The standard InChI is InChI=1S/C25H30FN5O/c1-29-11-13-30(14-12-29)20-9-7-19(8-10-20)28-24-16-23-18(17-27-24)15-22(26)25(32)31(23)21-5-3-2-4-6-21/h7-10,15-17,21H,2-6,11-14H2,1H3,(H,27,28). The van der Waals surface area contributed by atoms with Crippen molar-refractivity contribution in [1.29, 1.82) is 0 Å². The van der Waals surface area contributed by atoms with Gasteiger partial charge in [-0.3, -0.25) is 4.79 Å². The normalized spacial score (nSPS) is 18.2. The smallest absolute Gasteiger partial charge is 0.287 e. The Labute approximate surface area is 187 Å². The maximum Gasteiger partial charge on any atom is 0.287 e. The third-order valence-corrected chi connectivity index (χ3v) is 6.82. The van der Waals surface area contributed by atoms with Gasteiger partial charge in [-0.05, 0) is 50.2 Å². The van der Waals surface area contributed by atoms with E-state index in [0.29, 0.717) is 11.2 Å². The zero-order valence-electron chi connectivity index (χ0n) is 18.6. The number of hydrogen-bond donors (Lipinski definition) is 1. The Bertz CT molecular complexity index is 1150. The number of pyridine rings is 2. The van der Waals surface area contributed by atoms with E-state index in [9.17, 15) is 9.18 Å². The Morgan fingerprint density at radius 1 is 1.00 bits per heavy atom. The molecule has 0 radical (unpaired) electrons. The van der Waals surface area contributed by atoms with E-state index < -0.39 is 11.4 Å². The van der Waals surface area contributed by atoms with Gasteiger partial charge >= 0.3 is 0 Å². The zero-order chi connectivity index (χ0) is 22.1. The lowest BCUT2D eigenvalue weighted by Crippen LogP contribution is -2.44. The molecular formula is C25H30FN5O. The van der Waals surface area contributed by atoms with Gasteiger partial charge in [0.15, 0.2) is 5.82 Å². The van der Waals surface area contributed by atoms with Gasteiger partial charge in [0.05, 0.1) is 5.52 Å². The summed E-state index contributed by atoms with van der Waals surface area (Å²) >= 11 is 0. The number of likely N-dealkylation sites (N-methyl/N-ethyl adjacent to an activating group) is 1. The maximum atomic E-state index is 14.3. The second-order valence-corrected chi connectivity index (χ2v) is 9.05. The molecule has 1 saturated heterocycles. The molecule has 1 aliphatic carbocycles. The minimum Gasteiger partial charge on any atom is -0.369 e. The first-order valence-electron chi connectivity index (χ1n) is 11.6. The molecule has 1 N–H and O–H groups in total. The summed E-state index contributed by atoms with van der Waals surface area (Å²) in [7, 11) is 2.16. The van der Waals surface area contributed by atoms with Crippen molar-refractivity contribution in [2.75, 3.05) is 43.4 Å². The van der Waals surface area contributed by atoms with E-state index in [-0.39, 0.29) is 6.04 Å². The second kappa shape index (κ2) is 8.90. The number of aromatic nitrogens is 2. The number of piperazine rings is 1. The van der Waals surface area contributed by atoms with E-state index in [1.165, 1.54) is 18.2 Å². The molecule has 7 heteroatoms. The number of rotatable bonds is 4. The van der Waals surface area contributed by atoms with Gasteiger partial charge in [-0.1, -0.05) is 19.3 Å². The third kappa shape index (κ3) is 4.21. The van der Waals surface area contributed by atoms with Crippen LogP contribution >= 0.6 is 0 Å². The van der Waals surface area contributed by atoms with Gasteiger partial charge in [-0.25, -0.2) is 9.37 Å². The number of benzene rings is 1. The van der Waals surface area contributed by atoms with Crippen LogP contribution in [0.5, 0.6) is 0 Å². The van der Waals surface area contributed by atoms with E-state index in [4.69, 9.17) is 0 Å². The first-order chi connectivity index (χ1) is 15.6. The molecule has 2 aromatic heterocycles. The van der Waals surface area contributed by atoms with E-state index in [2.05, 4.69) is 51.4 Å². The molecule has 1 aromatic carbocycles. The summed E-state index contributed by atoms with van der Waals surface area (Å²) < 4.78 is 16.0. The number of anilines is 3. The zero-order valence-corrected chi connectivity index (χ0v) is 18.6. The first-order valence-corrected chi connectivity index (χ1v) is 11.6. The molecule has 6 nitrogen and oxygen atoms in total. The van der Waals surface area contributed by atoms with Gasteiger partial charge in [0.1, 0.15) is 5.82 Å². The number of hydrogen-bond acceptors (Lipinski definition) is 5. The van der Waals surface area contributed by atoms with Crippen molar-refractivity contribution in [3.8, 4) is 0 Å². The number of nitrogens with one attached hydrogen (secondary N) is 1. The van der Waals surface area contributed by atoms with Crippen molar-refractivity contribution in [3.63, 3.8) is 0 Å². The van der Waals surface area contributed by atoms with Gasteiger partial charge < -0.3 is 19.7 Å². The molecule has 0 amide bonds.